The molecule has 0 bridgehead atoms. The second-order valence-corrected chi connectivity index (χ2v) is 4.90. The molecule has 2 rings (SSSR count). The smallest absolute Gasteiger partial charge is 0.218 e. The molecular weight excluding hydrogens is 274 g/mol. The fourth-order valence-electron chi connectivity index (χ4n) is 1.98. The van der Waals surface area contributed by atoms with Gasteiger partial charge in [-0.05, 0) is 43.2 Å². The van der Waals surface area contributed by atoms with Crippen molar-refractivity contribution in [3.05, 3.63) is 52.7 Å². The Morgan fingerprint density at radius 1 is 1.15 bits per heavy atom. The molecule has 1 aromatic carbocycles. The van der Waals surface area contributed by atoms with Gasteiger partial charge in [-0.2, -0.15) is 0 Å². The molecule has 0 N–H and O–H groups in total. The van der Waals surface area contributed by atoms with Crippen molar-refractivity contribution in [2.45, 2.75) is 26.3 Å². The Labute approximate surface area is 124 Å². The maximum absolute atomic E-state index is 5.97. The van der Waals surface area contributed by atoms with Crippen molar-refractivity contribution in [3.63, 3.8) is 0 Å². The van der Waals surface area contributed by atoms with E-state index in [-0.39, 0.29) is 0 Å². The fraction of sp³-hybridized carbons (Fsp3) is 0.312. The summed E-state index contributed by atoms with van der Waals surface area (Å²) in [7, 11) is 1.65. The molecule has 0 fully saturated rings. The highest BCUT2D eigenvalue weighted by molar-refractivity contribution is 6.17. The summed E-state index contributed by atoms with van der Waals surface area (Å²) in [6.07, 6.45) is 0. The molecule has 0 saturated carbocycles. The van der Waals surface area contributed by atoms with Crippen molar-refractivity contribution in [1.29, 1.82) is 0 Å². The lowest BCUT2D eigenvalue weighted by Crippen LogP contribution is -2.03. The zero-order valence-corrected chi connectivity index (χ0v) is 12.7. The molecule has 0 unspecified atom stereocenters. The quantitative estimate of drug-likeness (QED) is 0.780. The van der Waals surface area contributed by atoms with Gasteiger partial charge in [0, 0.05) is 11.3 Å². The Balaban J connectivity index is 2.13. The number of alkyl halides is 1. The highest BCUT2D eigenvalue weighted by Gasteiger charge is 2.09. The third-order valence-corrected chi connectivity index (χ3v) is 3.37. The lowest BCUT2D eigenvalue weighted by Gasteiger charge is -2.12. The van der Waals surface area contributed by atoms with Crippen LogP contribution in [-0.4, -0.2) is 12.1 Å². The number of nitrogens with zero attached hydrogens (tertiary/aromatic N) is 1. The number of methoxy groups -OCH3 is 1. The largest absolute Gasteiger partial charge is 0.497 e. The highest BCUT2D eigenvalue weighted by atomic mass is 35.5. The molecule has 0 saturated heterocycles. The molecule has 3 nitrogen and oxygen atoms in total. The van der Waals surface area contributed by atoms with Gasteiger partial charge in [-0.3, -0.25) is 0 Å². The van der Waals surface area contributed by atoms with E-state index in [2.05, 4.69) is 4.98 Å². The SMILES string of the molecule is COc1ccc(COc2nc(C)cc(C)c2CCl)cc1. The molecule has 2 aromatic rings. The van der Waals surface area contributed by atoms with E-state index >= 15 is 0 Å². The molecule has 1 aromatic heterocycles. The van der Waals surface area contributed by atoms with Gasteiger partial charge in [0.1, 0.15) is 12.4 Å². The minimum Gasteiger partial charge on any atom is -0.497 e. The van der Waals surface area contributed by atoms with Crippen LogP contribution in [0, 0.1) is 13.8 Å². The van der Waals surface area contributed by atoms with Crippen LogP contribution in [0.1, 0.15) is 22.4 Å². The van der Waals surface area contributed by atoms with Crippen molar-refractivity contribution >= 4 is 11.6 Å². The van der Waals surface area contributed by atoms with Gasteiger partial charge in [-0.25, -0.2) is 4.98 Å². The molecule has 0 aliphatic heterocycles. The van der Waals surface area contributed by atoms with Crippen LogP contribution in [0.3, 0.4) is 0 Å². The second kappa shape index (κ2) is 6.62. The number of rotatable bonds is 5. The number of pyridine rings is 1. The predicted molar refractivity (Wildman–Crippen MR) is 80.6 cm³/mol. The van der Waals surface area contributed by atoms with Gasteiger partial charge >= 0.3 is 0 Å². The van der Waals surface area contributed by atoms with E-state index in [4.69, 9.17) is 21.1 Å². The van der Waals surface area contributed by atoms with Crippen molar-refractivity contribution < 1.29 is 9.47 Å². The van der Waals surface area contributed by atoms with E-state index in [1.54, 1.807) is 7.11 Å². The molecule has 20 heavy (non-hydrogen) atoms. The molecule has 0 aliphatic carbocycles. The summed E-state index contributed by atoms with van der Waals surface area (Å²) in [5, 5.41) is 0. The zero-order valence-electron chi connectivity index (χ0n) is 11.9. The molecule has 0 atom stereocenters. The molecular formula is C16H18ClNO2. The number of ether oxygens (including phenoxy) is 2. The van der Waals surface area contributed by atoms with Gasteiger partial charge in [-0.15, -0.1) is 11.6 Å². The summed E-state index contributed by atoms with van der Waals surface area (Å²) in [5.41, 5.74) is 4.05. The summed E-state index contributed by atoms with van der Waals surface area (Å²) in [4.78, 5) is 4.42. The van der Waals surface area contributed by atoms with Crippen LogP contribution in [0.15, 0.2) is 30.3 Å². The van der Waals surface area contributed by atoms with Crippen molar-refractivity contribution in [1.82, 2.24) is 4.98 Å². The number of benzene rings is 1. The first kappa shape index (κ1) is 14.7. The van der Waals surface area contributed by atoms with Crippen LogP contribution < -0.4 is 9.47 Å². The maximum atomic E-state index is 5.97. The summed E-state index contributed by atoms with van der Waals surface area (Å²) in [6.45, 7) is 4.43. The van der Waals surface area contributed by atoms with Crippen LogP contribution in [0.25, 0.3) is 0 Å². The molecule has 0 amide bonds. The zero-order chi connectivity index (χ0) is 14.5. The third-order valence-electron chi connectivity index (χ3n) is 3.11. The lowest BCUT2D eigenvalue weighted by molar-refractivity contribution is 0.290. The van der Waals surface area contributed by atoms with Gasteiger partial charge in [0.2, 0.25) is 5.88 Å². The molecule has 106 valence electrons. The molecule has 0 aliphatic rings. The first-order valence-corrected chi connectivity index (χ1v) is 6.96. The standard InChI is InChI=1S/C16H18ClNO2/c1-11-8-12(2)18-16(15(11)9-17)20-10-13-4-6-14(19-3)7-5-13/h4-8H,9-10H2,1-3H3. The molecule has 0 spiro atoms. The van der Waals surface area contributed by atoms with Gasteiger partial charge in [0.15, 0.2) is 0 Å². The minimum atomic E-state index is 0.400. The minimum absolute atomic E-state index is 0.400. The van der Waals surface area contributed by atoms with Crippen LogP contribution >= 0.6 is 11.6 Å². The van der Waals surface area contributed by atoms with Crippen molar-refractivity contribution in [3.8, 4) is 11.6 Å². The number of halogens is 1. The topological polar surface area (TPSA) is 31.4 Å². The lowest BCUT2D eigenvalue weighted by atomic mass is 10.1. The average Bonchev–Trinajstić information content (AvgIpc) is 2.45. The number of hydrogen-bond acceptors (Lipinski definition) is 3. The Kier molecular flexibility index (Phi) is 4.85. The molecule has 1 heterocycles. The summed E-state index contributed by atoms with van der Waals surface area (Å²) in [6, 6.07) is 9.79. The van der Waals surface area contributed by atoms with E-state index in [1.807, 2.05) is 44.2 Å². The van der Waals surface area contributed by atoms with Crippen molar-refractivity contribution in [2.24, 2.45) is 0 Å². The maximum Gasteiger partial charge on any atom is 0.218 e. The van der Waals surface area contributed by atoms with Crippen LogP contribution in [-0.2, 0) is 12.5 Å². The van der Waals surface area contributed by atoms with Gasteiger partial charge in [0.25, 0.3) is 0 Å². The average molecular weight is 292 g/mol. The first-order valence-electron chi connectivity index (χ1n) is 6.43. The predicted octanol–water partition coefficient (Wildman–Crippen LogP) is 4.02. The number of aromatic nitrogens is 1. The van der Waals surface area contributed by atoms with E-state index in [0.29, 0.717) is 18.4 Å². The van der Waals surface area contributed by atoms with Crippen LogP contribution in [0.2, 0.25) is 0 Å². The monoisotopic (exact) mass is 291 g/mol. The van der Waals surface area contributed by atoms with E-state index < -0.39 is 0 Å². The molecule has 4 heteroatoms. The van der Waals surface area contributed by atoms with E-state index in [0.717, 1.165) is 28.1 Å². The third kappa shape index (κ3) is 3.42. The van der Waals surface area contributed by atoms with Crippen LogP contribution in [0.5, 0.6) is 11.6 Å². The van der Waals surface area contributed by atoms with Crippen molar-refractivity contribution in [2.75, 3.05) is 7.11 Å². The normalized spacial score (nSPS) is 10.4. The number of hydrogen-bond donors (Lipinski definition) is 0. The fourth-order valence-corrected chi connectivity index (χ4v) is 2.31. The Hall–Kier alpha value is -1.74. The summed E-state index contributed by atoms with van der Waals surface area (Å²) < 4.78 is 10.9. The first-order chi connectivity index (χ1) is 9.63. The van der Waals surface area contributed by atoms with Crippen LogP contribution in [0.4, 0.5) is 0 Å². The molecule has 0 radical (unpaired) electrons. The van der Waals surface area contributed by atoms with Gasteiger partial charge < -0.3 is 9.47 Å². The summed E-state index contributed by atoms with van der Waals surface area (Å²) in [5.74, 6) is 1.85. The second-order valence-electron chi connectivity index (χ2n) is 4.63. The van der Waals surface area contributed by atoms with E-state index in [1.165, 1.54) is 0 Å². The van der Waals surface area contributed by atoms with E-state index in [9.17, 15) is 0 Å². The number of aryl methyl sites for hydroxylation is 2. The Morgan fingerprint density at radius 2 is 1.85 bits per heavy atom. The van der Waals surface area contributed by atoms with Gasteiger partial charge in [0.05, 0.1) is 13.0 Å². The Bertz CT molecular complexity index is 582. The Morgan fingerprint density at radius 3 is 2.45 bits per heavy atom. The highest BCUT2D eigenvalue weighted by Crippen LogP contribution is 2.24. The summed E-state index contributed by atoms with van der Waals surface area (Å²) >= 11 is 5.97. The van der Waals surface area contributed by atoms with Gasteiger partial charge in [-0.1, -0.05) is 12.1 Å².